The van der Waals surface area contributed by atoms with Gasteiger partial charge in [-0.15, -0.1) is 0 Å². The van der Waals surface area contributed by atoms with Crippen LogP contribution in [0.5, 0.6) is 0 Å². The predicted molar refractivity (Wildman–Crippen MR) is 81.4 cm³/mol. The molecule has 1 heterocycles. The molecular weight excluding hydrogens is 328 g/mol. The Hall–Kier alpha value is -0.580. The van der Waals surface area contributed by atoms with Crippen LogP contribution in [0.4, 0.5) is 0 Å². The van der Waals surface area contributed by atoms with Gasteiger partial charge in [0.15, 0.2) is 0 Å². The normalized spacial score (nSPS) is 21.3. The van der Waals surface area contributed by atoms with Gasteiger partial charge >= 0.3 is 0 Å². The summed E-state index contributed by atoms with van der Waals surface area (Å²) in [4.78, 5) is 14.4. The number of carbonyl (C=O) groups excluding carboxylic acids is 1. The lowest BCUT2D eigenvalue weighted by molar-refractivity contribution is 0.0661. The van der Waals surface area contributed by atoms with E-state index in [1.807, 2.05) is 17.9 Å². The minimum Gasteiger partial charge on any atom is -0.338 e. The number of amides is 1. The molecule has 2 atom stereocenters. The number of nitrogens with zero attached hydrogens (tertiary/aromatic N) is 1. The van der Waals surface area contributed by atoms with E-state index in [9.17, 15) is 4.79 Å². The Bertz CT molecular complexity index is 458. The lowest BCUT2D eigenvalue weighted by Gasteiger charge is -2.34. The minimum atomic E-state index is 0.0357. The molecule has 19 heavy (non-hydrogen) atoms. The van der Waals surface area contributed by atoms with Crippen LogP contribution >= 0.6 is 27.5 Å². The van der Waals surface area contributed by atoms with Crippen molar-refractivity contribution in [3.05, 3.63) is 33.3 Å². The zero-order valence-electron chi connectivity index (χ0n) is 10.9. The molecular formula is C14H18BrClN2O. The van der Waals surface area contributed by atoms with Crippen molar-refractivity contribution >= 4 is 33.4 Å². The number of rotatable bonds is 2. The summed E-state index contributed by atoms with van der Waals surface area (Å²) in [6.45, 7) is 3.54. The molecule has 1 aromatic carbocycles. The van der Waals surface area contributed by atoms with E-state index >= 15 is 0 Å². The van der Waals surface area contributed by atoms with Crippen LogP contribution in [0.15, 0.2) is 22.7 Å². The third-order valence-electron chi connectivity index (χ3n) is 3.60. The molecule has 1 aliphatic rings. The molecule has 0 spiro atoms. The van der Waals surface area contributed by atoms with Gasteiger partial charge < -0.3 is 10.6 Å². The Labute approximate surface area is 127 Å². The second-order valence-corrected chi connectivity index (χ2v) is 6.52. The highest BCUT2D eigenvalue weighted by atomic mass is 79.9. The molecule has 0 saturated carbocycles. The van der Waals surface area contributed by atoms with Crippen LogP contribution in [0.1, 0.15) is 30.1 Å². The maximum absolute atomic E-state index is 12.5. The quantitative estimate of drug-likeness (QED) is 0.894. The number of hydrogen-bond acceptors (Lipinski definition) is 2. The summed E-state index contributed by atoms with van der Waals surface area (Å²) in [5.74, 6) is 0.425. The Balaban J connectivity index is 2.14. The lowest BCUT2D eigenvalue weighted by atomic mass is 9.92. The molecule has 104 valence electrons. The van der Waals surface area contributed by atoms with E-state index in [1.54, 1.807) is 12.1 Å². The molecule has 0 aliphatic carbocycles. The zero-order valence-corrected chi connectivity index (χ0v) is 13.2. The average Bonchev–Trinajstić information content (AvgIpc) is 2.37. The van der Waals surface area contributed by atoms with Gasteiger partial charge in [-0.05, 0) is 43.9 Å². The van der Waals surface area contributed by atoms with Crippen LogP contribution in [0.3, 0.4) is 0 Å². The first kappa shape index (κ1) is 14.8. The molecule has 1 amide bonds. The second kappa shape index (κ2) is 6.25. The van der Waals surface area contributed by atoms with E-state index in [4.69, 9.17) is 17.3 Å². The van der Waals surface area contributed by atoms with Crippen LogP contribution in [0.25, 0.3) is 0 Å². The SMILES string of the molecule is CC(N)C1CCCN(C(=O)c2cc(Cl)cc(Br)c2)C1. The monoisotopic (exact) mass is 344 g/mol. The van der Waals surface area contributed by atoms with E-state index < -0.39 is 0 Å². The maximum atomic E-state index is 12.5. The number of halogens is 2. The summed E-state index contributed by atoms with van der Waals surface area (Å²) in [5, 5.41) is 0.568. The highest BCUT2D eigenvalue weighted by molar-refractivity contribution is 9.10. The number of hydrogen-bond donors (Lipinski definition) is 1. The number of carbonyl (C=O) groups is 1. The van der Waals surface area contributed by atoms with Gasteiger partial charge in [0.25, 0.3) is 5.91 Å². The molecule has 5 heteroatoms. The first-order valence-electron chi connectivity index (χ1n) is 6.48. The average molecular weight is 346 g/mol. The van der Waals surface area contributed by atoms with Crippen molar-refractivity contribution in [2.75, 3.05) is 13.1 Å². The number of nitrogens with two attached hydrogens (primary N) is 1. The van der Waals surface area contributed by atoms with Gasteiger partial charge in [-0.25, -0.2) is 0 Å². The molecule has 0 aromatic heterocycles. The molecule has 3 nitrogen and oxygen atoms in total. The first-order chi connectivity index (χ1) is 8.97. The molecule has 2 unspecified atom stereocenters. The van der Waals surface area contributed by atoms with Gasteiger partial charge in [0.05, 0.1) is 0 Å². The molecule has 0 radical (unpaired) electrons. The molecule has 2 N–H and O–H groups in total. The summed E-state index contributed by atoms with van der Waals surface area (Å²) in [6, 6.07) is 5.43. The van der Waals surface area contributed by atoms with Crippen LogP contribution in [-0.2, 0) is 0 Å². The fourth-order valence-corrected chi connectivity index (χ4v) is 3.34. The summed E-state index contributed by atoms with van der Waals surface area (Å²) >= 11 is 9.36. The topological polar surface area (TPSA) is 46.3 Å². The van der Waals surface area contributed by atoms with E-state index in [0.717, 1.165) is 30.4 Å². The Kier molecular flexibility index (Phi) is 4.87. The zero-order chi connectivity index (χ0) is 14.0. The number of benzene rings is 1. The minimum absolute atomic E-state index is 0.0357. The van der Waals surface area contributed by atoms with E-state index in [0.29, 0.717) is 16.5 Å². The first-order valence-corrected chi connectivity index (χ1v) is 7.65. The Morgan fingerprint density at radius 1 is 1.53 bits per heavy atom. The van der Waals surface area contributed by atoms with E-state index in [2.05, 4.69) is 15.9 Å². The summed E-state index contributed by atoms with van der Waals surface area (Å²) in [6.07, 6.45) is 2.11. The van der Waals surface area contributed by atoms with Crippen molar-refractivity contribution in [2.24, 2.45) is 11.7 Å². The molecule has 0 bridgehead atoms. The second-order valence-electron chi connectivity index (χ2n) is 5.17. The third kappa shape index (κ3) is 3.71. The lowest BCUT2D eigenvalue weighted by Crippen LogP contribution is -2.45. The Morgan fingerprint density at radius 2 is 2.26 bits per heavy atom. The molecule has 1 aliphatic heterocycles. The summed E-state index contributed by atoms with van der Waals surface area (Å²) in [7, 11) is 0. The predicted octanol–water partition coefficient (Wildman–Crippen LogP) is 3.30. The van der Waals surface area contributed by atoms with Crippen LogP contribution < -0.4 is 5.73 Å². The molecule has 2 rings (SSSR count). The van der Waals surface area contributed by atoms with Gasteiger partial charge in [0, 0.05) is 34.2 Å². The van der Waals surface area contributed by atoms with Crippen molar-refractivity contribution < 1.29 is 4.79 Å². The van der Waals surface area contributed by atoms with Crippen molar-refractivity contribution in [3.63, 3.8) is 0 Å². The number of piperidine rings is 1. The molecule has 1 aromatic rings. The van der Waals surface area contributed by atoms with Crippen LogP contribution in [0, 0.1) is 5.92 Å². The molecule has 1 fully saturated rings. The van der Waals surface area contributed by atoms with Crippen LogP contribution in [0.2, 0.25) is 5.02 Å². The fourth-order valence-electron chi connectivity index (χ4n) is 2.48. The highest BCUT2D eigenvalue weighted by Crippen LogP contribution is 2.24. The smallest absolute Gasteiger partial charge is 0.253 e. The highest BCUT2D eigenvalue weighted by Gasteiger charge is 2.26. The van der Waals surface area contributed by atoms with Gasteiger partial charge in [-0.2, -0.15) is 0 Å². The van der Waals surface area contributed by atoms with Gasteiger partial charge in [-0.3, -0.25) is 4.79 Å². The van der Waals surface area contributed by atoms with Gasteiger partial charge in [0.1, 0.15) is 0 Å². The van der Waals surface area contributed by atoms with E-state index in [-0.39, 0.29) is 11.9 Å². The van der Waals surface area contributed by atoms with Crippen molar-refractivity contribution in [1.82, 2.24) is 4.90 Å². The van der Waals surface area contributed by atoms with Gasteiger partial charge in [-0.1, -0.05) is 27.5 Å². The Morgan fingerprint density at radius 3 is 2.89 bits per heavy atom. The summed E-state index contributed by atoms with van der Waals surface area (Å²) in [5.41, 5.74) is 6.58. The van der Waals surface area contributed by atoms with Crippen molar-refractivity contribution in [1.29, 1.82) is 0 Å². The van der Waals surface area contributed by atoms with Crippen molar-refractivity contribution in [3.8, 4) is 0 Å². The van der Waals surface area contributed by atoms with Crippen molar-refractivity contribution in [2.45, 2.75) is 25.8 Å². The third-order valence-corrected chi connectivity index (χ3v) is 4.27. The fraction of sp³-hybridized carbons (Fsp3) is 0.500. The largest absolute Gasteiger partial charge is 0.338 e. The van der Waals surface area contributed by atoms with Crippen LogP contribution in [-0.4, -0.2) is 29.9 Å². The van der Waals surface area contributed by atoms with Gasteiger partial charge in [0.2, 0.25) is 0 Å². The summed E-state index contributed by atoms with van der Waals surface area (Å²) < 4.78 is 0.823. The number of likely N-dealkylation sites (tertiary alicyclic amines) is 1. The van der Waals surface area contributed by atoms with E-state index in [1.165, 1.54) is 0 Å². The maximum Gasteiger partial charge on any atom is 0.253 e. The molecule has 1 saturated heterocycles. The standard InChI is InChI=1S/C14H18BrClN2O/c1-9(17)10-3-2-4-18(8-10)14(19)11-5-12(15)7-13(16)6-11/h5-7,9-10H,2-4,8,17H2,1H3.